The summed E-state index contributed by atoms with van der Waals surface area (Å²) in [6, 6.07) is 15.6. The van der Waals surface area contributed by atoms with Gasteiger partial charge in [0.1, 0.15) is 0 Å². The third-order valence-corrected chi connectivity index (χ3v) is 5.79. The van der Waals surface area contributed by atoms with Crippen molar-refractivity contribution in [3.63, 3.8) is 0 Å². The van der Waals surface area contributed by atoms with Gasteiger partial charge in [-0.25, -0.2) is 8.42 Å². The predicted molar refractivity (Wildman–Crippen MR) is 116 cm³/mol. The summed E-state index contributed by atoms with van der Waals surface area (Å²) in [5, 5.41) is 14.4. The van der Waals surface area contributed by atoms with E-state index in [2.05, 4.69) is 10.0 Å². The number of carbonyl (C=O) groups excluding carboxylic acids is 1. The van der Waals surface area contributed by atoms with E-state index in [9.17, 15) is 23.3 Å². The molecule has 3 aromatic rings. The number of hydrogen-bond donors (Lipinski definition) is 2. The van der Waals surface area contributed by atoms with Gasteiger partial charge in [-0.2, -0.15) is 0 Å². The number of amides is 1. The number of ether oxygens (including phenoxy) is 1. The van der Waals surface area contributed by atoms with E-state index in [0.717, 1.165) is 6.07 Å². The van der Waals surface area contributed by atoms with E-state index in [0.29, 0.717) is 10.7 Å². The minimum Gasteiger partial charge on any atom is -0.490 e. The van der Waals surface area contributed by atoms with Crippen molar-refractivity contribution in [2.45, 2.75) is 4.90 Å². The lowest BCUT2D eigenvalue weighted by Crippen LogP contribution is -2.18. The molecule has 3 rings (SSSR count). The maximum Gasteiger partial charge on any atom is 0.312 e. The first kappa shape index (κ1) is 22.1. The molecule has 0 fully saturated rings. The van der Waals surface area contributed by atoms with Gasteiger partial charge < -0.3 is 10.1 Å². The highest BCUT2D eigenvalue weighted by Crippen LogP contribution is 2.30. The zero-order chi connectivity index (χ0) is 22.6. The Labute approximate surface area is 182 Å². The van der Waals surface area contributed by atoms with E-state index in [1.165, 1.54) is 31.4 Å². The molecule has 0 unspecified atom stereocenters. The first-order chi connectivity index (χ1) is 14.7. The number of carbonyl (C=O) groups is 1. The second-order valence-corrected chi connectivity index (χ2v) is 8.32. The quantitative estimate of drug-likeness (QED) is 0.398. The molecule has 0 heterocycles. The van der Waals surface area contributed by atoms with Crippen LogP contribution in [0, 0.1) is 10.1 Å². The zero-order valence-corrected chi connectivity index (χ0v) is 17.6. The van der Waals surface area contributed by atoms with Crippen LogP contribution in [0.2, 0.25) is 5.02 Å². The van der Waals surface area contributed by atoms with Crippen LogP contribution in [0.4, 0.5) is 17.1 Å². The molecule has 0 aliphatic rings. The average molecular weight is 462 g/mol. The van der Waals surface area contributed by atoms with Crippen LogP contribution in [0.25, 0.3) is 0 Å². The molecule has 2 N–H and O–H groups in total. The highest BCUT2D eigenvalue weighted by Gasteiger charge is 2.23. The van der Waals surface area contributed by atoms with E-state index in [4.69, 9.17) is 16.3 Å². The largest absolute Gasteiger partial charge is 0.490 e. The first-order valence-corrected chi connectivity index (χ1v) is 10.6. The molecular weight excluding hydrogens is 446 g/mol. The minimum absolute atomic E-state index is 0.00688. The third-order valence-electron chi connectivity index (χ3n) is 4.18. The molecule has 3 aromatic carbocycles. The fraction of sp³-hybridized carbons (Fsp3) is 0.0500. The fourth-order valence-corrected chi connectivity index (χ4v) is 3.91. The van der Waals surface area contributed by atoms with Gasteiger partial charge in [0.2, 0.25) is 0 Å². The Morgan fingerprint density at radius 3 is 2.39 bits per heavy atom. The minimum atomic E-state index is -4.24. The normalized spacial score (nSPS) is 10.9. The van der Waals surface area contributed by atoms with Crippen LogP contribution in [0.1, 0.15) is 10.4 Å². The average Bonchev–Trinajstić information content (AvgIpc) is 2.74. The summed E-state index contributed by atoms with van der Waals surface area (Å²) in [5.41, 5.74) is 0.0356. The van der Waals surface area contributed by atoms with Gasteiger partial charge in [0, 0.05) is 16.8 Å². The van der Waals surface area contributed by atoms with Gasteiger partial charge in [0.05, 0.1) is 28.2 Å². The summed E-state index contributed by atoms with van der Waals surface area (Å²) in [4.78, 5) is 22.8. The molecule has 1 amide bonds. The van der Waals surface area contributed by atoms with E-state index < -0.39 is 26.5 Å². The SMILES string of the molecule is COc1ccc(S(=O)(=O)Nc2ccccc2C(=O)Nc2ccc(Cl)cc2)cc1[N+](=O)[O-]. The Morgan fingerprint density at radius 2 is 1.74 bits per heavy atom. The maximum absolute atomic E-state index is 12.8. The van der Waals surface area contributed by atoms with Crippen molar-refractivity contribution in [3.8, 4) is 5.75 Å². The molecule has 31 heavy (non-hydrogen) atoms. The standard InChI is InChI=1S/C20H16ClN3O6S/c1-30-19-11-10-15(12-18(19)24(26)27)31(28,29)23-17-5-3-2-4-16(17)20(25)22-14-8-6-13(21)7-9-14/h2-12,23H,1H3,(H,22,25). The lowest BCUT2D eigenvalue weighted by atomic mass is 10.1. The number of halogens is 1. The van der Waals surface area contributed by atoms with Crippen LogP contribution < -0.4 is 14.8 Å². The number of nitrogens with zero attached hydrogens (tertiary/aromatic N) is 1. The zero-order valence-electron chi connectivity index (χ0n) is 16.0. The first-order valence-electron chi connectivity index (χ1n) is 8.72. The molecule has 0 aliphatic carbocycles. The molecule has 0 atom stereocenters. The Hall–Kier alpha value is -3.63. The van der Waals surface area contributed by atoms with Crippen molar-refractivity contribution in [2.75, 3.05) is 17.1 Å². The molecule has 0 radical (unpaired) electrons. The number of methoxy groups -OCH3 is 1. The lowest BCUT2D eigenvalue weighted by Gasteiger charge is -2.13. The van der Waals surface area contributed by atoms with Gasteiger partial charge in [0.15, 0.2) is 5.75 Å². The number of sulfonamides is 1. The monoisotopic (exact) mass is 461 g/mol. The summed E-state index contributed by atoms with van der Waals surface area (Å²) in [6.45, 7) is 0. The summed E-state index contributed by atoms with van der Waals surface area (Å²) in [5.74, 6) is -0.631. The maximum atomic E-state index is 12.8. The van der Waals surface area contributed by atoms with Crippen LogP contribution in [0.5, 0.6) is 5.75 Å². The number of nitro benzene ring substituents is 1. The smallest absolute Gasteiger partial charge is 0.312 e. The van der Waals surface area contributed by atoms with E-state index >= 15 is 0 Å². The predicted octanol–water partition coefficient (Wildman–Crippen LogP) is 4.31. The van der Waals surface area contributed by atoms with Crippen LogP contribution in [-0.2, 0) is 10.0 Å². The molecule has 0 bridgehead atoms. The van der Waals surface area contributed by atoms with Gasteiger partial charge in [0.25, 0.3) is 15.9 Å². The van der Waals surface area contributed by atoms with Crippen molar-refractivity contribution >= 4 is 44.6 Å². The third kappa shape index (κ3) is 5.11. The number of para-hydroxylation sites is 1. The summed E-state index contributed by atoms with van der Waals surface area (Å²) < 4.78 is 32.8. The Bertz CT molecular complexity index is 1250. The molecule has 0 saturated heterocycles. The summed E-state index contributed by atoms with van der Waals surface area (Å²) >= 11 is 5.83. The van der Waals surface area contributed by atoms with E-state index in [1.807, 2.05) is 0 Å². The van der Waals surface area contributed by atoms with Gasteiger partial charge in [-0.3, -0.25) is 19.6 Å². The van der Waals surface area contributed by atoms with Crippen LogP contribution in [0.15, 0.2) is 71.6 Å². The van der Waals surface area contributed by atoms with E-state index in [1.54, 1.807) is 36.4 Å². The fourth-order valence-electron chi connectivity index (χ4n) is 2.69. The number of nitro groups is 1. The second kappa shape index (κ2) is 9.02. The number of benzene rings is 3. The van der Waals surface area contributed by atoms with Gasteiger partial charge in [-0.15, -0.1) is 0 Å². The molecule has 0 aliphatic heterocycles. The molecule has 11 heteroatoms. The number of anilines is 2. The van der Waals surface area contributed by atoms with Crippen LogP contribution >= 0.6 is 11.6 Å². The van der Waals surface area contributed by atoms with E-state index in [-0.39, 0.29) is 21.9 Å². The molecular formula is C20H16ClN3O6S. The van der Waals surface area contributed by atoms with Gasteiger partial charge in [-0.1, -0.05) is 23.7 Å². The lowest BCUT2D eigenvalue weighted by molar-refractivity contribution is -0.386. The molecule has 9 nitrogen and oxygen atoms in total. The van der Waals surface area contributed by atoms with Gasteiger partial charge in [-0.05, 0) is 48.5 Å². The second-order valence-electron chi connectivity index (χ2n) is 6.20. The number of hydrogen-bond acceptors (Lipinski definition) is 6. The van der Waals surface area contributed by atoms with Crippen LogP contribution in [0.3, 0.4) is 0 Å². The van der Waals surface area contributed by atoms with Gasteiger partial charge >= 0.3 is 5.69 Å². The highest BCUT2D eigenvalue weighted by molar-refractivity contribution is 7.92. The molecule has 160 valence electrons. The molecule has 0 spiro atoms. The topological polar surface area (TPSA) is 128 Å². The van der Waals surface area contributed by atoms with Crippen molar-refractivity contribution < 1.29 is 22.9 Å². The Morgan fingerprint density at radius 1 is 1.06 bits per heavy atom. The summed E-state index contributed by atoms with van der Waals surface area (Å²) in [6.07, 6.45) is 0. The van der Waals surface area contributed by atoms with Crippen molar-refractivity contribution in [2.24, 2.45) is 0 Å². The Kier molecular flexibility index (Phi) is 6.42. The van der Waals surface area contributed by atoms with Crippen molar-refractivity contribution in [3.05, 3.63) is 87.4 Å². The van der Waals surface area contributed by atoms with Crippen molar-refractivity contribution in [1.29, 1.82) is 0 Å². The molecule has 0 saturated carbocycles. The van der Waals surface area contributed by atoms with Crippen molar-refractivity contribution in [1.82, 2.24) is 0 Å². The summed E-state index contributed by atoms with van der Waals surface area (Å²) in [7, 11) is -3.00. The number of nitrogens with one attached hydrogen (secondary N) is 2. The van der Waals surface area contributed by atoms with Crippen LogP contribution in [-0.4, -0.2) is 26.4 Å². The Balaban J connectivity index is 1.91. The molecule has 0 aromatic heterocycles. The number of rotatable bonds is 7. The highest BCUT2D eigenvalue weighted by atomic mass is 35.5.